The van der Waals surface area contributed by atoms with Gasteiger partial charge in [-0.3, -0.25) is 4.90 Å². The van der Waals surface area contributed by atoms with E-state index in [9.17, 15) is 0 Å². The molecule has 0 aliphatic heterocycles. The summed E-state index contributed by atoms with van der Waals surface area (Å²) >= 11 is 0. The van der Waals surface area contributed by atoms with Crippen LogP contribution in [0.25, 0.3) is 0 Å². The van der Waals surface area contributed by atoms with Gasteiger partial charge in [0.25, 0.3) is 0 Å². The van der Waals surface area contributed by atoms with Gasteiger partial charge < -0.3 is 15.2 Å². The smallest absolute Gasteiger partial charge is 0.119 e. The number of likely N-dealkylation sites (N-methyl/N-ethyl adjacent to an activating group) is 1. The highest BCUT2D eigenvalue weighted by atomic mass is 16.5. The molecule has 4 nitrogen and oxygen atoms in total. The molecule has 1 aromatic rings. The molecule has 1 unspecified atom stereocenters. The Kier molecular flexibility index (Phi) is 6.72. The Morgan fingerprint density at radius 1 is 1.33 bits per heavy atom. The number of benzene rings is 1. The average molecular weight is 252 g/mol. The van der Waals surface area contributed by atoms with Gasteiger partial charge in [0.1, 0.15) is 5.75 Å². The summed E-state index contributed by atoms with van der Waals surface area (Å²) in [5, 5.41) is 0. The number of ether oxygens (including phenoxy) is 2. The zero-order valence-electron chi connectivity index (χ0n) is 11.6. The third-order valence-corrected chi connectivity index (χ3v) is 3.09. The minimum absolute atomic E-state index is 0.219. The SMILES string of the molecule is COCCCN(C)C(CN)c1cccc(OC)c1. The molecular weight excluding hydrogens is 228 g/mol. The summed E-state index contributed by atoms with van der Waals surface area (Å²) in [6, 6.07) is 8.30. The van der Waals surface area contributed by atoms with Crippen molar-refractivity contribution >= 4 is 0 Å². The van der Waals surface area contributed by atoms with Crippen molar-refractivity contribution < 1.29 is 9.47 Å². The molecule has 0 radical (unpaired) electrons. The fraction of sp³-hybridized carbons (Fsp3) is 0.571. The Bertz CT molecular complexity index is 344. The van der Waals surface area contributed by atoms with E-state index in [0.717, 1.165) is 25.3 Å². The van der Waals surface area contributed by atoms with Crippen LogP contribution in [0.3, 0.4) is 0 Å². The van der Waals surface area contributed by atoms with Gasteiger partial charge in [-0.1, -0.05) is 12.1 Å². The Balaban J connectivity index is 2.68. The molecule has 0 aromatic heterocycles. The van der Waals surface area contributed by atoms with E-state index in [2.05, 4.69) is 18.0 Å². The van der Waals surface area contributed by atoms with Crippen LogP contribution in [0, 0.1) is 0 Å². The summed E-state index contributed by atoms with van der Waals surface area (Å²) in [6.45, 7) is 2.34. The highest BCUT2D eigenvalue weighted by Gasteiger charge is 2.15. The summed E-state index contributed by atoms with van der Waals surface area (Å²) in [4.78, 5) is 2.26. The second kappa shape index (κ2) is 8.08. The first-order valence-electron chi connectivity index (χ1n) is 6.26. The van der Waals surface area contributed by atoms with E-state index >= 15 is 0 Å². The van der Waals surface area contributed by atoms with Gasteiger partial charge in [0, 0.05) is 32.8 Å². The van der Waals surface area contributed by atoms with Gasteiger partial charge >= 0.3 is 0 Å². The zero-order chi connectivity index (χ0) is 13.4. The predicted molar refractivity (Wildman–Crippen MR) is 73.9 cm³/mol. The predicted octanol–water partition coefficient (Wildman–Crippen LogP) is 1.66. The van der Waals surface area contributed by atoms with Gasteiger partial charge in [-0.2, -0.15) is 0 Å². The van der Waals surface area contributed by atoms with E-state index < -0.39 is 0 Å². The van der Waals surface area contributed by atoms with Crippen LogP contribution < -0.4 is 10.5 Å². The molecule has 0 saturated carbocycles. The lowest BCUT2D eigenvalue weighted by Gasteiger charge is -2.27. The fourth-order valence-electron chi connectivity index (χ4n) is 2.03. The average Bonchev–Trinajstić information content (AvgIpc) is 2.40. The Morgan fingerprint density at radius 3 is 2.72 bits per heavy atom. The van der Waals surface area contributed by atoms with E-state index in [1.54, 1.807) is 14.2 Å². The molecule has 0 spiro atoms. The molecule has 4 heteroatoms. The molecule has 2 N–H and O–H groups in total. The van der Waals surface area contributed by atoms with Crippen LogP contribution in [0.15, 0.2) is 24.3 Å². The van der Waals surface area contributed by atoms with Crippen molar-refractivity contribution in [1.29, 1.82) is 0 Å². The van der Waals surface area contributed by atoms with Crippen molar-refractivity contribution in [3.63, 3.8) is 0 Å². The minimum atomic E-state index is 0.219. The van der Waals surface area contributed by atoms with Crippen molar-refractivity contribution in [2.45, 2.75) is 12.5 Å². The van der Waals surface area contributed by atoms with Crippen LogP contribution in [0.2, 0.25) is 0 Å². The summed E-state index contributed by atoms with van der Waals surface area (Å²) < 4.78 is 10.3. The molecule has 0 aliphatic carbocycles. The standard InChI is InChI=1S/C14H24N2O2/c1-16(8-5-9-17-2)14(11-15)12-6-4-7-13(10-12)18-3/h4,6-7,10,14H,5,8-9,11,15H2,1-3H3. The molecule has 0 aliphatic rings. The van der Waals surface area contributed by atoms with Crippen molar-refractivity contribution in [2.75, 3.05) is 41.0 Å². The maximum Gasteiger partial charge on any atom is 0.119 e. The van der Waals surface area contributed by atoms with Crippen molar-refractivity contribution in [2.24, 2.45) is 5.73 Å². The highest BCUT2D eigenvalue weighted by molar-refractivity contribution is 5.30. The number of methoxy groups -OCH3 is 2. The third kappa shape index (κ3) is 4.29. The molecule has 0 saturated heterocycles. The fourth-order valence-corrected chi connectivity index (χ4v) is 2.03. The summed E-state index contributed by atoms with van der Waals surface area (Å²) in [6.07, 6.45) is 1.01. The largest absolute Gasteiger partial charge is 0.497 e. The first kappa shape index (κ1) is 15.0. The topological polar surface area (TPSA) is 47.7 Å². The molecule has 0 fully saturated rings. The van der Waals surface area contributed by atoms with Crippen molar-refractivity contribution in [3.05, 3.63) is 29.8 Å². The highest BCUT2D eigenvalue weighted by Crippen LogP contribution is 2.22. The second-order valence-electron chi connectivity index (χ2n) is 4.36. The molecular formula is C14H24N2O2. The van der Waals surface area contributed by atoms with Crippen molar-refractivity contribution in [3.8, 4) is 5.75 Å². The molecule has 0 bridgehead atoms. The van der Waals surface area contributed by atoms with Crippen LogP contribution in [-0.4, -0.2) is 45.9 Å². The molecule has 18 heavy (non-hydrogen) atoms. The quantitative estimate of drug-likeness (QED) is 0.715. The number of hydrogen-bond acceptors (Lipinski definition) is 4. The summed E-state index contributed by atoms with van der Waals surface area (Å²) in [7, 11) is 5.49. The van der Waals surface area contributed by atoms with Crippen LogP contribution in [-0.2, 0) is 4.74 Å². The summed E-state index contributed by atoms with van der Waals surface area (Å²) in [5.74, 6) is 0.872. The lowest BCUT2D eigenvalue weighted by atomic mass is 10.1. The lowest BCUT2D eigenvalue weighted by molar-refractivity contribution is 0.166. The third-order valence-electron chi connectivity index (χ3n) is 3.09. The Labute approximate surface area is 110 Å². The summed E-state index contributed by atoms with van der Waals surface area (Å²) in [5.41, 5.74) is 7.08. The van der Waals surface area contributed by atoms with E-state index in [1.165, 1.54) is 5.56 Å². The van der Waals surface area contributed by atoms with Gasteiger partial charge in [-0.05, 0) is 31.2 Å². The molecule has 0 heterocycles. The Morgan fingerprint density at radius 2 is 2.11 bits per heavy atom. The monoisotopic (exact) mass is 252 g/mol. The molecule has 1 atom stereocenters. The van der Waals surface area contributed by atoms with Crippen LogP contribution >= 0.6 is 0 Å². The van der Waals surface area contributed by atoms with Gasteiger partial charge in [0.05, 0.1) is 7.11 Å². The van der Waals surface area contributed by atoms with Gasteiger partial charge in [0.2, 0.25) is 0 Å². The van der Waals surface area contributed by atoms with E-state index in [1.807, 2.05) is 18.2 Å². The van der Waals surface area contributed by atoms with Crippen molar-refractivity contribution in [1.82, 2.24) is 4.90 Å². The van der Waals surface area contributed by atoms with E-state index in [4.69, 9.17) is 15.2 Å². The van der Waals surface area contributed by atoms with Gasteiger partial charge in [-0.25, -0.2) is 0 Å². The molecule has 0 amide bonds. The maximum atomic E-state index is 5.89. The first-order chi connectivity index (χ1) is 8.72. The number of hydrogen-bond donors (Lipinski definition) is 1. The van der Waals surface area contributed by atoms with E-state index in [-0.39, 0.29) is 6.04 Å². The van der Waals surface area contributed by atoms with Gasteiger partial charge in [0.15, 0.2) is 0 Å². The van der Waals surface area contributed by atoms with Gasteiger partial charge in [-0.15, -0.1) is 0 Å². The maximum absolute atomic E-state index is 5.89. The molecule has 102 valence electrons. The minimum Gasteiger partial charge on any atom is -0.497 e. The molecule has 1 rings (SSSR count). The Hall–Kier alpha value is -1.10. The molecule has 1 aromatic carbocycles. The first-order valence-corrected chi connectivity index (χ1v) is 6.26. The van der Waals surface area contributed by atoms with Crippen LogP contribution in [0.4, 0.5) is 0 Å². The number of nitrogens with zero attached hydrogens (tertiary/aromatic N) is 1. The van der Waals surface area contributed by atoms with Crippen LogP contribution in [0.1, 0.15) is 18.0 Å². The second-order valence-corrected chi connectivity index (χ2v) is 4.36. The van der Waals surface area contributed by atoms with E-state index in [0.29, 0.717) is 6.54 Å². The lowest BCUT2D eigenvalue weighted by Crippen LogP contribution is -2.31. The normalized spacial score (nSPS) is 12.7. The number of rotatable bonds is 8. The zero-order valence-corrected chi connectivity index (χ0v) is 11.6. The van der Waals surface area contributed by atoms with Crippen LogP contribution in [0.5, 0.6) is 5.75 Å². The number of nitrogens with two attached hydrogens (primary N) is 1.